The third-order valence-corrected chi connectivity index (χ3v) is 3.24. The van der Waals surface area contributed by atoms with Crippen LogP contribution in [0.2, 0.25) is 0 Å². The fourth-order valence-corrected chi connectivity index (χ4v) is 1.87. The maximum absolute atomic E-state index is 12.4. The van der Waals surface area contributed by atoms with Gasteiger partial charge in [0.05, 0.1) is 7.11 Å². The molecular formula is C16H23NO3. The van der Waals surface area contributed by atoms with Gasteiger partial charge in [-0.05, 0) is 37.5 Å². The number of hydrogen-bond acceptors (Lipinski definition) is 3. The summed E-state index contributed by atoms with van der Waals surface area (Å²) >= 11 is 0. The largest absolute Gasteiger partial charge is 0.468 e. The molecule has 1 rings (SSSR count). The fraction of sp³-hybridized carbons (Fsp3) is 0.500. The summed E-state index contributed by atoms with van der Waals surface area (Å²) in [6, 6.07) is 7.46. The molecule has 110 valence electrons. The molecule has 4 heteroatoms. The number of methoxy groups -OCH3 is 1. The lowest BCUT2D eigenvalue weighted by atomic mass is 10.0. The van der Waals surface area contributed by atoms with E-state index < -0.39 is 5.97 Å². The summed E-state index contributed by atoms with van der Waals surface area (Å²) in [6.07, 6.45) is 0. The first-order valence-corrected chi connectivity index (χ1v) is 6.84. The molecular weight excluding hydrogens is 254 g/mol. The van der Waals surface area contributed by atoms with E-state index in [-0.39, 0.29) is 18.5 Å². The zero-order chi connectivity index (χ0) is 15.3. The molecule has 0 heterocycles. The van der Waals surface area contributed by atoms with Gasteiger partial charge in [0.15, 0.2) is 0 Å². The van der Waals surface area contributed by atoms with Crippen molar-refractivity contribution in [3.05, 3.63) is 35.4 Å². The third-order valence-electron chi connectivity index (χ3n) is 3.24. The van der Waals surface area contributed by atoms with Gasteiger partial charge in [-0.2, -0.15) is 0 Å². The zero-order valence-corrected chi connectivity index (χ0v) is 12.8. The van der Waals surface area contributed by atoms with Crippen molar-refractivity contribution in [1.82, 2.24) is 4.90 Å². The van der Waals surface area contributed by atoms with Gasteiger partial charge < -0.3 is 9.64 Å². The molecule has 0 fully saturated rings. The van der Waals surface area contributed by atoms with Crippen LogP contribution in [0, 0.1) is 0 Å². The molecule has 0 aliphatic rings. The van der Waals surface area contributed by atoms with Crippen LogP contribution < -0.4 is 0 Å². The Bertz CT molecular complexity index is 463. The highest BCUT2D eigenvalue weighted by Gasteiger charge is 2.21. The molecule has 20 heavy (non-hydrogen) atoms. The van der Waals surface area contributed by atoms with Crippen molar-refractivity contribution in [3.63, 3.8) is 0 Å². The third kappa shape index (κ3) is 4.08. The number of carbonyl (C=O) groups excluding carboxylic acids is 2. The molecule has 1 aromatic rings. The Labute approximate surface area is 120 Å². The van der Waals surface area contributed by atoms with Gasteiger partial charge in [-0.3, -0.25) is 9.59 Å². The van der Waals surface area contributed by atoms with Gasteiger partial charge in [-0.1, -0.05) is 26.0 Å². The summed E-state index contributed by atoms with van der Waals surface area (Å²) in [5, 5.41) is 0. The quantitative estimate of drug-likeness (QED) is 0.777. The number of amides is 1. The lowest BCUT2D eigenvalue weighted by Crippen LogP contribution is -2.41. The minimum absolute atomic E-state index is 0.0288. The van der Waals surface area contributed by atoms with E-state index in [0.29, 0.717) is 11.5 Å². The van der Waals surface area contributed by atoms with Crippen LogP contribution in [-0.4, -0.2) is 36.5 Å². The van der Waals surface area contributed by atoms with Crippen molar-refractivity contribution < 1.29 is 14.3 Å². The van der Waals surface area contributed by atoms with E-state index in [2.05, 4.69) is 18.6 Å². The molecule has 0 atom stereocenters. The first kappa shape index (κ1) is 16.2. The second-order valence-corrected chi connectivity index (χ2v) is 5.38. The molecule has 0 unspecified atom stereocenters. The lowest BCUT2D eigenvalue weighted by Gasteiger charge is -2.25. The predicted octanol–water partition coefficient (Wildman–Crippen LogP) is 2.83. The van der Waals surface area contributed by atoms with Gasteiger partial charge in [0.1, 0.15) is 6.54 Å². The van der Waals surface area contributed by atoms with Crippen LogP contribution in [0.15, 0.2) is 24.3 Å². The Hall–Kier alpha value is -1.84. The summed E-state index contributed by atoms with van der Waals surface area (Å²) < 4.78 is 4.63. The van der Waals surface area contributed by atoms with Crippen molar-refractivity contribution in [1.29, 1.82) is 0 Å². The monoisotopic (exact) mass is 277 g/mol. The molecule has 1 amide bonds. The van der Waals surface area contributed by atoms with Crippen LogP contribution in [0.4, 0.5) is 0 Å². The maximum Gasteiger partial charge on any atom is 0.325 e. The lowest BCUT2D eigenvalue weighted by molar-refractivity contribution is -0.141. The Kier molecular flexibility index (Phi) is 5.74. The number of nitrogens with zero attached hydrogens (tertiary/aromatic N) is 1. The number of carbonyl (C=O) groups is 2. The number of hydrogen-bond donors (Lipinski definition) is 0. The van der Waals surface area contributed by atoms with E-state index in [1.165, 1.54) is 17.6 Å². The van der Waals surface area contributed by atoms with E-state index >= 15 is 0 Å². The van der Waals surface area contributed by atoms with Crippen molar-refractivity contribution in [3.8, 4) is 0 Å². The van der Waals surface area contributed by atoms with Crippen molar-refractivity contribution in [2.45, 2.75) is 39.7 Å². The van der Waals surface area contributed by atoms with Crippen LogP contribution in [0.3, 0.4) is 0 Å². The van der Waals surface area contributed by atoms with Crippen molar-refractivity contribution in [2.24, 2.45) is 0 Å². The minimum atomic E-state index is -0.411. The average Bonchev–Trinajstić information content (AvgIpc) is 2.43. The predicted molar refractivity (Wildman–Crippen MR) is 78.7 cm³/mol. The molecule has 0 bridgehead atoms. The molecule has 0 spiro atoms. The standard InChI is InChI=1S/C16H23NO3/c1-11(2)13-6-8-14(9-7-13)16(19)17(12(3)4)10-15(18)20-5/h6-9,11-12H,10H2,1-5H3. The molecule has 0 aromatic heterocycles. The Morgan fingerprint density at radius 2 is 1.65 bits per heavy atom. The maximum atomic E-state index is 12.4. The molecule has 0 saturated carbocycles. The molecule has 0 aliphatic heterocycles. The summed E-state index contributed by atoms with van der Waals surface area (Å²) in [7, 11) is 1.32. The van der Waals surface area contributed by atoms with E-state index in [9.17, 15) is 9.59 Å². The fourth-order valence-electron chi connectivity index (χ4n) is 1.87. The topological polar surface area (TPSA) is 46.6 Å². The Morgan fingerprint density at radius 3 is 2.05 bits per heavy atom. The summed E-state index contributed by atoms with van der Waals surface area (Å²) in [5.74, 6) is -0.137. The van der Waals surface area contributed by atoms with Crippen LogP contribution >= 0.6 is 0 Å². The highest BCUT2D eigenvalue weighted by molar-refractivity contribution is 5.96. The molecule has 1 aromatic carbocycles. The van der Waals surface area contributed by atoms with Gasteiger partial charge in [0.2, 0.25) is 0 Å². The second-order valence-electron chi connectivity index (χ2n) is 5.38. The smallest absolute Gasteiger partial charge is 0.325 e. The molecule has 0 saturated heterocycles. The van der Waals surface area contributed by atoms with Crippen LogP contribution in [0.25, 0.3) is 0 Å². The minimum Gasteiger partial charge on any atom is -0.468 e. The van der Waals surface area contributed by atoms with Gasteiger partial charge in [0, 0.05) is 11.6 Å². The van der Waals surface area contributed by atoms with E-state index in [0.717, 1.165) is 0 Å². The van der Waals surface area contributed by atoms with Crippen molar-refractivity contribution >= 4 is 11.9 Å². The molecule has 0 N–H and O–H groups in total. The highest BCUT2D eigenvalue weighted by Crippen LogP contribution is 2.16. The van der Waals surface area contributed by atoms with Crippen LogP contribution in [0.5, 0.6) is 0 Å². The zero-order valence-electron chi connectivity index (χ0n) is 12.8. The molecule has 0 radical (unpaired) electrons. The number of rotatable bonds is 5. The number of benzene rings is 1. The summed E-state index contributed by atoms with van der Waals surface area (Å²) in [4.78, 5) is 25.3. The average molecular weight is 277 g/mol. The van der Waals surface area contributed by atoms with Gasteiger partial charge >= 0.3 is 5.97 Å². The van der Waals surface area contributed by atoms with Crippen molar-refractivity contribution in [2.75, 3.05) is 13.7 Å². The molecule has 0 aliphatic carbocycles. The van der Waals surface area contributed by atoms with Crippen LogP contribution in [0.1, 0.15) is 49.5 Å². The van der Waals surface area contributed by atoms with Gasteiger partial charge in [0.25, 0.3) is 5.91 Å². The van der Waals surface area contributed by atoms with E-state index in [1.807, 2.05) is 38.1 Å². The van der Waals surface area contributed by atoms with Gasteiger partial charge in [-0.25, -0.2) is 0 Å². The highest BCUT2D eigenvalue weighted by atomic mass is 16.5. The van der Waals surface area contributed by atoms with E-state index in [4.69, 9.17) is 0 Å². The van der Waals surface area contributed by atoms with Gasteiger partial charge in [-0.15, -0.1) is 0 Å². The first-order chi connectivity index (χ1) is 9.36. The summed E-state index contributed by atoms with van der Waals surface area (Å²) in [5.41, 5.74) is 1.78. The first-order valence-electron chi connectivity index (χ1n) is 6.84. The Morgan fingerprint density at radius 1 is 1.10 bits per heavy atom. The van der Waals surface area contributed by atoms with Crippen LogP contribution in [-0.2, 0) is 9.53 Å². The number of ether oxygens (including phenoxy) is 1. The summed E-state index contributed by atoms with van der Waals surface area (Å²) in [6.45, 7) is 7.94. The number of esters is 1. The normalized spacial score (nSPS) is 10.8. The molecule has 4 nitrogen and oxygen atoms in total. The Balaban J connectivity index is 2.91. The SMILES string of the molecule is COC(=O)CN(C(=O)c1ccc(C(C)C)cc1)C(C)C. The van der Waals surface area contributed by atoms with E-state index in [1.54, 1.807) is 0 Å². The second kappa shape index (κ2) is 7.08.